The number of carbonyl (C=O) groups excluding carboxylic acids is 1. The molecule has 1 atom stereocenters. The first-order chi connectivity index (χ1) is 8.59. The molecule has 98 valence electrons. The van der Waals surface area contributed by atoms with Crippen molar-refractivity contribution in [2.24, 2.45) is 5.92 Å². The van der Waals surface area contributed by atoms with Gasteiger partial charge >= 0.3 is 0 Å². The Labute approximate surface area is 109 Å². The van der Waals surface area contributed by atoms with Gasteiger partial charge in [0.2, 0.25) is 5.91 Å². The van der Waals surface area contributed by atoms with Crippen LogP contribution in [0.1, 0.15) is 26.3 Å². The molecule has 0 bridgehead atoms. The third kappa shape index (κ3) is 2.72. The lowest BCUT2D eigenvalue weighted by molar-refractivity contribution is -0.118. The third-order valence-corrected chi connectivity index (χ3v) is 3.30. The highest BCUT2D eigenvalue weighted by Crippen LogP contribution is 2.31. The Balaban J connectivity index is 2.02. The summed E-state index contributed by atoms with van der Waals surface area (Å²) in [6.45, 7) is 7.71. The molecule has 3 heteroatoms. The number of hydrogen-bond donors (Lipinski definition) is 1. The molecule has 1 aromatic rings. The molecule has 2 rings (SSSR count). The smallest absolute Gasteiger partial charge is 0.241 e. The maximum Gasteiger partial charge on any atom is 0.241 e. The summed E-state index contributed by atoms with van der Waals surface area (Å²) in [4.78, 5) is 14.2. The Kier molecular flexibility index (Phi) is 4.02. The summed E-state index contributed by atoms with van der Waals surface area (Å²) >= 11 is 0. The number of nitrogens with one attached hydrogen (secondary N) is 1. The Morgan fingerprint density at radius 3 is 2.89 bits per heavy atom. The predicted molar refractivity (Wildman–Crippen MR) is 74.8 cm³/mol. The van der Waals surface area contributed by atoms with Gasteiger partial charge in [-0.3, -0.25) is 4.79 Å². The van der Waals surface area contributed by atoms with Gasteiger partial charge in [0.1, 0.15) is 0 Å². The van der Waals surface area contributed by atoms with Crippen molar-refractivity contribution in [2.75, 3.05) is 18.0 Å². The highest BCUT2D eigenvalue weighted by atomic mass is 16.2. The fraction of sp³-hybridized carbons (Fsp3) is 0.533. The van der Waals surface area contributed by atoms with Crippen molar-refractivity contribution in [3.63, 3.8) is 0 Å². The molecular weight excluding hydrogens is 224 g/mol. The van der Waals surface area contributed by atoms with Crippen LogP contribution >= 0.6 is 0 Å². The minimum Gasteiger partial charge on any atom is -0.308 e. The number of para-hydroxylation sites is 1. The highest BCUT2D eigenvalue weighted by Gasteiger charge is 2.29. The molecule has 0 saturated heterocycles. The van der Waals surface area contributed by atoms with Crippen LogP contribution in [0.25, 0.3) is 0 Å². The number of carbonyl (C=O) groups is 1. The monoisotopic (exact) mass is 246 g/mol. The van der Waals surface area contributed by atoms with Crippen LogP contribution < -0.4 is 10.2 Å². The van der Waals surface area contributed by atoms with E-state index in [0.717, 1.165) is 18.7 Å². The first-order valence-corrected chi connectivity index (χ1v) is 6.70. The molecule has 0 fully saturated rings. The van der Waals surface area contributed by atoms with Crippen LogP contribution in [0.2, 0.25) is 0 Å². The van der Waals surface area contributed by atoms with Crippen molar-refractivity contribution in [1.82, 2.24) is 5.32 Å². The fourth-order valence-electron chi connectivity index (χ4n) is 2.50. The lowest BCUT2D eigenvalue weighted by Gasteiger charge is -2.23. The van der Waals surface area contributed by atoms with E-state index in [-0.39, 0.29) is 11.9 Å². The van der Waals surface area contributed by atoms with Crippen LogP contribution in [-0.4, -0.2) is 25.0 Å². The van der Waals surface area contributed by atoms with Gasteiger partial charge in [-0.1, -0.05) is 32.0 Å². The lowest BCUT2D eigenvalue weighted by atomic mass is 10.1. The van der Waals surface area contributed by atoms with E-state index in [9.17, 15) is 4.79 Å². The van der Waals surface area contributed by atoms with Gasteiger partial charge in [-0.15, -0.1) is 0 Å². The van der Waals surface area contributed by atoms with E-state index in [0.29, 0.717) is 12.5 Å². The first-order valence-electron chi connectivity index (χ1n) is 6.70. The molecule has 18 heavy (non-hydrogen) atoms. The van der Waals surface area contributed by atoms with E-state index in [1.165, 1.54) is 5.56 Å². The number of nitrogens with zero attached hydrogens (tertiary/aromatic N) is 1. The average Bonchev–Trinajstić information content (AvgIpc) is 2.64. The van der Waals surface area contributed by atoms with Gasteiger partial charge in [-0.2, -0.15) is 0 Å². The van der Waals surface area contributed by atoms with E-state index in [4.69, 9.17) is 0 Å². The van der Waals surface area contributed by atoms with Crippen molar-refractivity contribution in [3.8, 4) is 0 Å². The zero-order valence-corrected chi connectivity index (χ0v) is 11.4. The molecule has 1 aromatic carbocycles. The van der Waals surface area contributed by atoms with Gasteiger partial charge in [-0.25, -0.2) is 0 Å². The molecule has 1 aliphatic rings. The van der Waals surface area contributed by atoms with Gasteiger partial charge < -0.3 is 10.2 Å². The minimum atomic E-state index is 0.174. The Hall–Kier alpha value is -1.35. The second-order valence-corrected chi connectivity index (χ2v) is 5.47. The summed E-state index contributed by atoms with van der Waals surface area (Å²) < 4.78 is 0. The summed E-state index contributed by atoms with van der Waals surface area (Å²) in [5.74, 6) is 0.745. The molecule has 0 radical (unpaired) electrons. The van der Waals surface area contributed by atoms with Gasteiger partial charge in [0.15, 0.2) is 0 Å². The fourth-order valence-corrected chi connectivity index (χ4v) is 2.50. The molecule has 0 saturated carbocycles. The van der Waals surface area contributed by atoms with Crippen molar-refractivity contribution in [3.05, 3.63) is 29.8 Å². The second kappa shape index (κ2) is 5.53. The normalized spacial score (nSPS) is 18.2. The summed E-state index contributed by atoms with van der Waals surface area (Å²) in [5, 5.41) is 3.22. The van der Waals surface area contributed by atoms with Crippen LogP contribution in [0.5, 0.6) is 0 Å². The second-order valence-electron chi connectivity index (χ2n) is 5.47. The van der Waals surface area contributed by atoms with E-state index < -0.39 is 0 Å². The number of hydrogen-bond acceptors (Lipinski definition) is 2. The molecule has 1 N–H and O–H groups in total. The Morgan fingerprint density at radius 1 is 1.44 bits per heavy atom. The quantitative estimate of drug-likeness (QED) is 0.883. The number of amides is 1. The molecule has 3 nitrogen and oxygen atoms in total. The van der Waals surface area contributed by atoms with Crippen LogP contribution in [-0.2, 0) is 11.2 Å². The molecule has 1 amide bonds. The maximum absolute atomic E-state index is 12.3. The Bertz CT molecular complexity index is 428. The van der Waals surface area contributed by atoms with Crippen LogP contribution in [0, 0.1) is 5.92 Å². The highest BCUT2D eigenvalue weighted by molar-refractivity contribution is 5.97. The molecule has 1 heterocycles. The van der Waals surface area contributed by atoms with E-state index in [1.807, 2.05) is 23.1 Å². The number of fused-ring (bicyclic) bond motifs is 1. The summed E-state index contributed by atoms with van der Waals surface area (Å²) in [7, 11) is 0. The van der Waals surface area contributed by atoms with Crippen LogP contribution in [0.4, 0.5) is 5.69 Å². The van der Waals surface area contributed by atoms with Gasteiger partial charge in [0.25, 0.3) is 0 Å². The van der Waals surface area contributed by atoms with Gasteiger partial charge in [0, 0.05) is 11.7 Å². The molecule has 0 spiro atoms. The number of anilines is 1. The van der Waals surface area contributed by atoms with E-state index >= 15 is 0 Å². The SMILES string of the molecule is CC(C)CNCC(=O)N1c2ccccc2CC1C. The Morgan fingerprint density at radius 2 is 2.17 bits per heavy atom. The first kappa shape index (κ1) is 13.1. The zero-order valence-electron chi connectivity index (χ0n) is 11.4. The molecule has 1 aliphatic heterocycles. The van der Waals surface area contributed by atoms with Gasteiger partial charge in [0.05, 0.1) is 6.54 Å². The van der Waals surface area contributed by atoms with Gasteiger partial charge in [-0.05, 0) is 37.4 Å². The summed E-state index contributed by atoms with van der Waals surface area (Å²) in [5.41, 5.74) is 2.36. The predicted octanol–water partition coefficient (Wildman–Crippen LogP) is 2.21. The van der Waals surface area contributed by atoms with Crippen LogP contribution in [0.15, 0.2) is 24.3 Å². The number of benzene rings is 1. The average molecular weight is 246 g/mol. The largest absolute Gasteiger partial charge is 0.308 e. The van der Waals surface area contributed by atoms with Crippen molar-refractivity contribution >= 4 is 11.6 Å². The summed E-state index contributed by atoms with van der Waals surface area (Å²) in [6.07, 6.45) is 0.964. The van der Waals surface area contributed by atoms with E-state index in [1.54, 1.807) is 0 Å². The van der Waals surface area contributed by atoms with Crippen molar-refractivity contribution in [2.45, 2.75) is 33.2 Å². The maximum atomic E-state index is 12.3. The topological polar surface area (TPSA) is 32.3 Å². The molecule has 0 aliphatic carbocycles. The van der Waals surface area contributed by atoms with Crippen LogP contribution in [0.3, 0.4) is 0 Å². The van der Waals surface area contributed by atoms with E-state index in [2.05, 4.69) is 32.2 Å². The molecular formula is C15H22N2O. The van der Waals surface area contributed by atoms with Crippen molar-refractivity contribution < 1.29 is 4.79 Å². The molecule has 0 aromatic heterocycles. The number of rotatable bonds is 4. The summed E-state index contributed by atoms with van der Waals surface area (Å²) in [6, 6.07) is 8.46. The minimum absolute atomic E-state index is 0.174. The standard InChI is InChI=1S/C15H22N2O/c1-11(2)9-16-10-15(18)17-12(3)8-13-6-4-5-7-14(13)17/h4-7,11-12,16H,8-10H2,1-3H3. The zero-order chi connectivity index (χ0) is 13.1. The molecule has 1 unspecified atom stereocenters. The van der Waals surface area contributed by atoms with Crippen molar-refractivity contribution in [1.29, 1.82) is 0 Å². The third-order valence-electron chi connectivity index (χ3n) is 3.30. The lowest BCUT2D eigenvalue weighted by Crippen LogP contribution is -2.42.